The summed E-state index contributed by atoms with van der Waals surface area (Å²) >= 11 is 2.08. The van der Waals surface area contributed by atoms with Crippen molar-refractivity contribution in [1.29, 1.82) is 0 Å². The molecular weight excluding hydrogens is 602 g/mol. The van der Waals surface area contributed by atoms with Gasteiger partial charge < -0.3 is 10.1 Å². The van der Waals surface area contributed by atoms with Crippen LogP contribution in [0, 0.1) is 11.7 Å². The van der Waals surface area contributed by atoms with Crippen LogP contribution in [0.1, 0.15) is 16.4 Å². The van der Waals surface area contributed by atoms with E-state index in [0.717, 1.165) is 38.8 Å². The van der Waals surface area contributed by atoms with Crippen LogP contribution < -0.4 is 19.8 Å². The van der Waals surface area contributed by atoms with E-state index in [1.54, 1.807) is 18.2 Å². The molecule has 220 valence electrons. The Labute approximate surface area is 259 Å². The fourth-order valence-electron chi connectivity index (χ4n) is 6.03. The number of nitrogens with zero attached hydrogens (tertiary/aromatic N) is 2. The molecule has 3 atom stereocenters. The third kappa shape index (κ3) is 4.59. The molecule has 0 bridgehead atoms. The molecule has 2 aliphatic rings. The van der Waals surface area contributed by atoms with E-state index in [0.29, 0.717) is 26.9 Å². The van der Waals surface area contributed by atoms with Gasteiger partial charge in [0.25, 0.3) is 0 Å². The molecule has 0 saturated carbocycles. The molecule has 0 aliphatic carbocycles. The van der Waals surface area contributed by atoms with Gasteiger partial charge in [-0.25, -0.2) is 9.29 Å². The molecule has 3 amide bonds. The number of methoxy groups -OCH3 is 1. The first-order valence-electron chi connectivity index (χ1n) is 13.8. The molecule has 3 heterocycles. The molecule has 1 aromatic heterocycles. The molecule has 5 aromatic rings. The van der Waals surface area contributed by atoms with Crippen LogP contribution in [0.4, 0.5) is 15.8 Å². The summed E-state index contributed by atoms with van der Waals surface area (Å²) in [6.07, 6.45) is 0. The van der Waals surface area contributed by atoms with Crippen LogP contribution in [0.5, 0.6) is 5.75 Å². The smallest absolute Gasteiger partial charge is 0.308 e. The largest absolute Gasteiger partial charge is 0.496 e. The van der Waals surface area contributed by atoms with Crippen LogP contribution in [0.25, 0.3) is 10.8 Å². The minimum Gasteiger partial charge on any atom is -0.496 e. The lowest BCUT2D eigenvalue weighted by atomic mass is 9.82. The van der Waals surface area contributed by atoms with E-state index in [-0.39, 0.29) is 17.1 Å². The Morgan fingerprint density at radius 3 is 2.43 bits per heavy atom. The maximum Gasteiger partial charge on any atom is 0.308 e. The Morgan fingerprint density at radius 1 is 0.909 bits per heavy atom. The lowest BCUT2D eigenvalue weighted by Crippen LogP contribution is -2.33. The number of rotatable bonds is 6. The number of amides is 3. The molecule has 0 radical (unpaired) electrons. The number of para-hydroxylation sites is 1. The van der Waals surface area contributed by atoms with Crippen molar-refractivity contribution in [2.24, 2.45) is 5.92 Å². The van der Waals surface area contributed by atoms with Gasteiger partial charge in [0.1, 0.15) is 23.4 Å². The van der Waals surface area contributed by atoms with Gasteiger partial charge in [0.2, 0.25) is 17.7 Å². The molecule has 2 aliphatic heterocycles. The van der Waals surface area contributed by atoms with E-state index in [4.69, 9.17) is 4.74 Å². The Morgan fingerprint density at radius 2 is 1.64 bits per heavy atom. The molecule has 0 spiro atoms. The lowest BCUT2D eigenvalue weighted by Gasteiger charge is -2.31. The van der Waals surface area contributed by atoms with Crippen molar-refractivity contribution < 1.29 is 23.5 Å². The molecular formula is C33H24FN3O5S2. The summed E-state index contributed by atoms with van der Waals surface area (Å²) in [6, 6.07) is 25.7. The van der Waals surface area contributed by atoms with E-state index >= 15 is 0 Å². The van der Waals surface area contributed by atoms with Crippen LogP contribution >= 0.6 is 23.1 Å². The Hall–Kier alpha value is -4.74. The fraction of sp³-hybridized carbons (Fsp3) is 0.152. The van der Waals surface area contributed by atoms with E-state index in [9.17, 15) is 23.6 Å². The molecule has 44 heavy (non-hydrogen) atoms. The number of fused-ring (bicyclic) bond motifs is 3. The van der Waals surface area contributed by atoms with Crippen molar-refractivity contribution in [2.45, 2.75) is 22.7 Å². The van der Waals surface area contributed by atoms with Gasteiger partial charge in [-0.3, -0.25) is 23.7 Å². The van der Waals surface area contributed by atoms with Crippen molar-refractivity contribution in [1.82, 2.24) is 4.57 Å². The van der Waals surface area contributed by atoms with Gasteiger partial charge in [-0.05, 0) is 41.8 Å². The number of aromatic nitrogens is 1. The number of thioether (sulfide) groups is 1. The van der Waals surface area contributed by atoms with Crippen molar-refractivity contribution in [3.05, 3.63) is 117 Å². The van der Waals surface area contributed by atoms with E-state index < -0.39 is 40.6 Å². The van der Waals surface area contributed by atoms with E-state index in [1.165, 1.54) is 35.9 Å². The molecule has 1 N–H and O–H groups in total. The Bertz CT molecular complexity index is 2020. The predicted octanol–water partition coefficient (Wildman–Crippen LogP) is 5.65. The number of halogens is 1. The predicted molar refractivity (Wildman–Crippen MR) is 168 cm³/mol. The molecule has 2 unspecified atom stereocenters. The third-order valence-corrected chi connectivity index (χ3v) is 10.6. The molecule has 7 rings (SSSR count). The number of hydrogen-bond acceptors (Lipinski definition) is 7. The number of imide groups is 1. The average molecular weight is 626 g/mol. The summed E-state index contributed by atoms with van der Waals surface area (Å²) in [5.74, 6) is -2.82. The SMILES string of the molecule is COc1ccccc1[C@H]1c2sc(=O)n(CC(=O)Nc3cccc4ccccc34)c2SC2C(=O)N(c3ccc(F)cc3)C(=O)C21. The highest BCUT2D eigenvalue weighted by Crippen LogP contribution is 2.55. The summed E-state index contributed by atoms with van der Waals surface area (Å²) in [5, 5.41) is 4.35. The summed E-state index contributed by atoms with van der Waals surface area (Å²) in [7, 11) is 1.52. The first kappa shape index (κ1) is 28.1. The number of nitrogens with one attached hydrogen (secondary N) is 1. The highest BCUT2D eigenvalue weighted by atomic mass is 32.2. The van der Waals surface area contributed by atoms with Gasteiger partial charge in [-0.1, -0.05) is 77.7 Å². The van der Waals surface area contributed by atoms with Crippen molar-refractivity contribution in [3.63, 3.8) is 0 Å². The molecule has 1 saturated heterocycles. The second kappa shape index (κ2) is 11.1. The number of carbonyl (C=O) groups excluding carboxylic acids is 3. The maximum atomic E-state index is 14.0. The van der Waals surface area contributed by atoms with Crippen molar-refractivity contribution in [2.75, 3.05) is 17.3 Å². The molecule has 11 heteroatoms. The van der Waals surface area contributed by atoms with Crippen molar-refractivity contribution in [3.8, 4) is 5.75 Å². The summed E-state index contributed by atoms with van der Waals surface area (Å²) in [5.41, 5.74) is 1.55. The van der Waals surface area contributed by atoms with Gasteiger partial charge in [0.05, 0.1) is 23.7 Å². The zero-order valence-electron chi connectivity index (χ0n) is 23.2. The van der Waals surface area contributed by atoms with E-state index in [1.807, 2.05) is 48.5 Å². The molecule has 1 fully saturated rings. The zero-order valence-corrected chi connectivity index (χ0v) is 24.9. The zero-order chi connectivity index (χ0) is 30.5. The summed E-state index contributed by atoms with van der Waals surface area (Å²) in [6.45, 7) is -0.277. The van der Waals surface area contributed by atoms with Crippen LogP contribution in [0.2, 0.25) is 0 Å². The first-order valence-corrected chi connectivity index (χ1v) is 15.5. The number of anilines is 2. The quantitative estimate of drug-likeness (QED) is 0.245. The minimum absolute atomic E-state index is 0.269. The second-order valence-corrected chi connectivity index (χ2v) is 12.6. The third-order valence-electron chi connectivity index (χ3n) is 7.97. The van der Waals surface area contributed by atoms with Gasteiger partial charge in [0.15, 0.2) is 0 Å². The molecule has 8 nitrogen and oxygen atoms in total. The van der Waals surface area contributed by atoms with Crippen LogP contribution in [0.3, 0.4) is 0 Å². The van der Waals surface area contributed by atoms with Crippen LogP contribution in [0.15, 0.2) is 101 Å². The van der Waals surface area contributed by atoms with Gasteiger partial charge >= 0.3 is 4.87 Å². The topological polar surface area (TPSA) is 97.7 Å². The highest BCUT2D eigenvalue weighted by molar-refractivity contribution is 8.00. The fourth-order valence-corrected chi connectivity index (χ4v) is 8.79. The molecule has 4 aromatic carbocycles. The Kier molecular flexibility index (Phi) is 7.06. The Balaban J connectivity index is 1.30. The number of carbonyl (C=O) groups is 3. The summed E-state index contributed by atoms with van der Waals surface area (Å²) in [4.78, 5) is 56.1. The lowest BCUT2D eigenvalue weighted by molar-refractivity contribution is -0.122. The first-order chi connectivity index (χ1) is 21.4. The van der Waals surface area contributed by atoms with Crippen LogP contribution in [-0.2, 0) is 20.9 Å². The number of hydrogen-bond donors (Lipinski definition) is 1. The highest BCUT2D eigenvalue weighted by Gasteiger charge is 2.57. The number of ether oxygens (including phenoxy) is 1. The van der Waals surface area contributed by atoms with Gasteiger partial charge in [-0.2, -0.15) is 0 Å². The monoisotopic (exact) mass is 625 g/mol. The summed E-state index contributed by atoms with van der Waals surface area (Å²) < 4.78 is 20.7. The average Bonchev–Trinajstić information content (AvgIpc) is 3.48. The van der Waals surface area contributed by atoms with Gasteiger partial charge in [0, 0.05) is 27.4 Å². The van der Waals surface area contributed by atoms with E-state index in [2.05, 4.69) is 5.32 Å². The standard InChI is InChI=1S/C33H24FN3O5S2/c1-42-24-12-5-4-10-22(24)26-27-28(31(40)37(30(27)39)20-15-13-19(34)14-16-20)43-32-29(26)44-33(41)36(32)17-25(38)35-23-11-6-8-18-7-2-3-9-21(18)23/h2-16,26-28H,17H2,1H3,(H,35,38)/t26-,27?,28?/m1/s1. The van der Waals surface area contributed by atoms with Crippen LogP contribution in [-0.4, -0.2) is 34.6 Å². The number of benzene rings is 4. The van der Waals surface area contributed by atoms with Crippen molar-refractivity contribution >= 4 is 63.0 Å². The normalized spacial score (nSPS) is 19.1. The maximum absolute atomic E-state index is 14.0. The van der Waals surface area contributed by atoms with Gasteiger partial charge in [-0.15, -0.1) is 0 Å². The second-order valence-electron chi connectivity index (χ2n) is 10.5. The number of thiazole rings is 1. The minimum atomic E-state index is -0.878.